The zero-order chi connectivity index (χ0) is 20.2. The van der Waals surface area contributed by atoms with Gasteiger partial charge in [-0.2, -0.15) is 0 Å². The molecule has 2 aromatic rings. The molecule has 0 spiro atoms. The second kappa shape index (κ2) is 6.68. The van der Waals surface area contributed by atoms with Gasteiger partial charge in [-0.15, -0.1) is 0 Å². The zero-order valence-electron chi connectivity index (χ0n) is 16.9. The number of benzene rings is 1. The number of hydrogen-bond acceptors (Lipinski definition) is 5. The molecule has 1 aliphatic carbocycles. The number of carbonyl (C=O) groups excluding carboxylic acids is 2. The standard InChI is InChI=1S/C22H26N4O3/c1-14(27)25-11-15-10-22(2)18(25)8-5-9-19(22)26(15)20(28)12-29-21-16-6-3-4-7-17(16)23-13-24-21/h3-4,6-7,13,15,18-19H,5,8-12H2,1-2H3/t15-,18+,19-,22+/m0/s1. The summed E-state index contributed by atoms with van der Waals surface area (Å²) in [6, 6.07) is 8.10. The van der Waals surface area contributed by atoms with Crippen LogP contribution in [0.1, 0.15) is 39.5 Å². The molecule has 2 amide bonds. The first-order chi connectivity index (χ1) is 14.0. The van der Waals surface area contributed by atoms with Crippen LogP contribution in [-0.2, 0) is 9.59 Å². The van der Waals surface area contributed by atoms with Crippen molar-refractivity contribution in [3.8, 4) is 5.88 Å². The van der Waals surface area contributed by atoms with Crippen molar-refractivity contribution in [3.05, 3.63) is 30.6 Å². The van der Waals surface area contributed by atoms with Gasteiger partial charge in [-0.1, -0.05) is 19.1 Å². The van der Waals surface area contributed by atoms with Gasteiger partial charge in [-0.3, -0.25) is 9.59 Å². The number of likely N-dealkylation sites (tertiary alicyclic amines) is 2. The van der Waals surface area contributed by atoms with Gasteiger partial charge in [0.2, 0.25) is 11.8 Å². The zero-order valence-corrected chi connectivity index (χ0v) is 16.9. The first kappa shape index (κ1) is 18.3. The lowest BCUT2D eigenvalue weighted by molar-refractivity contribution is -0.138. The maximum atomic E-state index is 13.3. The second-order valence-corrected chi connectivity index (χ2v) is 8.78. The highest BCUT2D eigenvalue weighted by Gasteiger charge is 2.61. The number of aromatic nitrogens is 2. The summed E-state index contributed by atoms with van der Waals surface area (Å²) in [7, 11) is 0. The molecule has 2 aliphatic heterocycles. The Morgan fingerprint density at radius 1 is 1.21 bits per heavy atom. The molecule has 5 rings (SSSR count). The number of amides is 2. The van der Waals surface area contributed by atoms with Crippen molar-refractivity contribution in [1.29, 1.82) is 0 Å². The van der Waals surface area contributed by atoms with Crippen LogP contribution in [0.4, 0.5) is 0 Å². The Morgan fingerprint density at radius 2 is 2.00 bits per heavy atom. The van der Waals surface area contributed by atoms with E-state index in [1.807, 2.05) is 34.1 Å². The lowest BCUT2D eigenvalue weighted by Crippen LogP contribution is -2.57. The summed E-state index contributed by atoms with van der Waals surface area (Å²) >= 11 is 0. The molecule has 1 saturated carbocycles. The van der Waals surface area contributed by atoms with Crippen LogP contribution in [0, 0.1) is 5.41 Å². The van der Waals surface area contributed by atoms with E-state index in [1.54, 1.807) is 6.92 Å². The third kappa shape index (κ3) is 2.78. The SMILES string of the molecule is CC(=O)N1C[C@@H]2C[C@@]3(C)[C@H](CCC[C@@H]13)N2C(=O)COc1ncnc2ccccc12. The Balaban J connectivity index is 1.38. The highest BCUT2D eigenvalue weighted by atomic mass is 16.5. The van der Waals surface area contributed by atoms with Gasteiger partial charge in [-0.05, 0) is 37.8 Å². The number of ether oxygens (including phenoxy) is 1. The second-order valence-electron chi connectivity index (χ2n) is 8.78. The number of piperidine rings is 1. The maximum absolute atomic E-state index is 13.3. The molecule has 1 aromatic heterocycles. The van der Waals surface area contributed by atoms with E-state index in [4.69, 9.17) is 4.74 Å². The fraction of sp³-hybridized carbons (Fsp3) is 0.545. The van der Waals surface area contributed by atoms with E-state index in [-0.39, 0.29) is 42.0 Å². The molecule has 29 heavy (non-hydrogen) atoms. The third-order valence-corrected chi connectivity index (χ3v) is 7.20. The number of nitrogens with zero attached hydrogens (tertiary/aromatic N) is 4. The summed E-state index contributed by atoms with van der Waals surface area (Å²) in [6.07, 6.45) is 5.50. The van der Waals surface area contributed by atoms with Crippen LogP contribution in [0.5, 0.6) is 5.88 Å². The van der Waals surface area contributed by atoms with Crippen molar-refractivity contribution in [2.45, 2.75) is 57.7 Å². The van der Waals surface area contributed by atoms with Crippen LogP contribution in [0.25, 0.3) is 10.9 Å². The highest BCUT2D eigenvalue weighted by Crippen LogP contribution is 2.54. The van der Waals surface area contributed by atoms with Crippen LogP contribution in [-0.4, -0.2) is 62.9 Å². The normalized spacial score (nSPS) is 30.5. The molecule has 2 bridgehead atoms. The Bertz CT molecular complexity index is 974. The fourth-order valence-corrected chi connectivity index (χ4v) is 6.02. The summed E-state index contributed by atoms with van der Waals surface area (Å²) < 4.78 is 5.86. The summed E-state index contributed by atoms with van der Waals surface area (Å²) in [5.41, 5.74) is 0.770. The summed E-state index contributed by atoms with van der Waals surface area (Å²) in [6.45, 7) is 4.49. The Labute approximate surface area is 170 Å². The Morgan fingerprint density at radius 3 is 2.83 bits per heavy atom. The van der Waals surface area contributed by atoms with Gasteiger partial charge in [-0.25, -0.2) is 9.97 Å². The van der Waals surface area contributed by atoms with Crippen LogP contribution in [0.15, 0.2) is 30.6 Å². The van der Waals surface area contributed by atoms with Gasteiger partial charge in [0.05, 0.1) is 16.9 Å². The average molecular weight is 394 g/mol. The predicted molar refractivity (Wildman–Crippen MR) is 107 cm³/mol. The van der Waals surface area contributed by atoms with Crippen molar-refractivity contribution in [1.82, 2.24) is 19.8 Å². The monoisotopic (exact) mass is 394 g/mol. The number of rotatable bonds is 3. The summed E-state index contributed by atoms with van der Waals surface area (Å²) in [5, 5.41) is 0.801. The third-order valence-electron chi connectivity index (χ3n) is 7.20. The minimum absolute atomic E-state index is 0.0162. The molecule has 0 radical (unpaired) electrons. The summed E-state index contributed by atoms with van der Waals surface area (Å²) in [5.74, 6) is 0.534. The highest BCUT2D eigenvalue weighted by molar-refractivity contribution is 5.84. The molecule has 4 atom stereocenters. The largest absolute Gasteiger partial charge is 0.467 e. The lowest BCUT2D eigenvalue weighted by Gasteiger charge is -2.49. The number of carbonyl (C=O) groups is 2. The molecule has 0 unspecified atom stereocenters. The topological polar surface area (TPSA) is 75.6 Å². The predicted octanol–water partition coefficient (Wildman–Crippen LogP) is 2.40. The van der Waals surface area contributed by atoms with Crippen LogP contribution in [0.2, 0.25) is 0 Å². The van der Waals surface area contributed by atoms with Crippen molar-refractivity contribution in [2.24, 2.45) is 5.41 Å². The molecule has 0 N–H and O–H groups in total. The molecule has 7 heteroatoms. The van der Waals surface area contributed by atoms with E-state index >= 15 is 0 Å². The first-order valence-electron chi connectivity index (χ1n) is 10.4. The van der Waals surface area contributed by atoms with Gasteiger partial charge in [0.25, 0.3) is 5.91 Å². The molecular formula is C22H26N4O3. The van der Waals surface area contributed by atoms with Crippen molar-refractivity contribution >= 4 is 22.7 Å². The first-order valence-corrected chi connectivity index (χ1v) is 10.4. The van der Waals surface area contributed by atoms with Gasteiger partial charge < -0.3 is 14.5 Å². The van der Waals surface area contributed by atoms with E-state index in [2.05, 4.69) is 16.9 Å². The van der Waals surface area contributed by atoms with Crippen molar-refractivity contribution < 1.29 is 14.3 Å². The molecule has 3 aliphatic rings. The molecule has 152 valence electrons. The van der Waals surface area contributed by atoms with Gasteiger partial charge in [0.15, 0.2) is 6.61 Å². The van der Waals surface area contributed by atoms with Gasteiger partial charge in [0, 0.05) is 31.0 Å². The van der Waals surface area contributed by atoms with Crippen molar-refractivity contribution in [2.75, 3.05) is 13.2 Å². The number of para-hydroxylation sites is 1. The van der Waals surface area contributed by atoms with E-state index < -0.39 is 0 Å². The van der Waals surface area contributed by atoms with Crippen LogP contribution >= 0.6 is 0 Å². The van der Waals surface area contributed by atoms with Crippen molar-refractivity contribution in [3.63, 3.8) is 0 Å². The van der Waals surface area contributed by atoms with Gasteiger partial charge >= 0.3 is 0 Å². The van der Waals surface area contributed by atoms with E-state index in [9.17, 15) is 9.59 Å². The smallest absolute Gasteiger partial charge is 0.261 e. The van der Waals surface area contributed by atoms with Crippen LogP contribution < -0.4 is 4.74 Å². The number of fused-ring (bicyclic) bond motifs is 2. The van der Waals surface area contributed by atoms with E-state index in [0.717, 1.165) is 36.6 Å². The van der Waals surface area contributed by atoms with E-state index in [0.29, 0.717) is 12.4 Å². The Hall–Kier alpha value is -2.70. The average Bonchev–Trinajstić information content (AvgIpc) is 3.01. The molecule has 7 nitrogen and oxygen atoms in total. The Kier molecular flexibility index (Phi) is 4.22. The molecular weight excluding hydrogens is 368 g/mol. The van der Waals surface area contributed by atoms with E-state index in [1.165, 1.54) is 6.33 Å². The molecule has 3 heterocycles. The maximum Gasteiger partial charge on any atom is 0.261 e. The fourth-order valence-electron chi connectivity index (χ4n) is 6.02. The molecule has 1 aromatic carbocycles. The molecule has 3 fully saturated rings. The summed E-state index contributed by atoms with van der Waals surface area (Å²) in [4.78, 5) is 38.0. The minimum atomic E-state index is -0.0468. The number of hydrogen-bond donors (Lipinski definition) is 0. The minimum Gasteiger partial charge on any atom is -0.467 e. The van der Waals surface area contributed by atoms with Crippen LogP contribution in [0.3, 0.4) is 0 Å². The van der Waals surface area contributed by atoms with Gasteiger partial charge in [0.1, 0.15) is 6.33 Å². The lowest BCUT2D eigenvalue weighted by atomic mass is 9.66. The quantitative estimate of drug-likeness (QED) is 0.799. The molecule has 2 saturated heterocycles.